The first kappa shape index (κ1) is 11.4. The van der Waals surface area contributed by atoms with Crippen LogP contribution in [0.3, 0.4) is 0 Å². The summed E-state index contributed by atoms with van der Waals surface area (Å²) in [7, 11) is 1.83. The third-order valence-electron chi connectivity index (χ3n) is 2.72. The first-order chi connectivity index (χ1) is 7.50. The number of rotatable bonds is 2. The minimum atomic E-state index is -0.253. The van der Waals surface area contributed by atoms with E-state index in [1.54, 1.807) is 10.6 Å². The van der Waals surface area contributed by atoms with Crippen molar-refractivity contribution in [2.45, 2.75) is 19.4 Å². The van der Waals surface area contributed by atoms with Crippen molar-refractivity contribution in [1.82, 2.24) is 4.57 Å². The van der Waals surface area contributed by atoms with Crippen LogP contribution in [0.1, 0.15) is 12.5 Å². The molecule has 2 nitrogen and oxygen atoms in total. The quantitative estimate of drug-likeness (QED) is 0.860. The second-order valence-electron chi connectivity index (χ2n) is 4.17. The molecule has 0 amide bonds. The predicted octanol–water partition coefficient (Wildman–Crippen LogP) is 2.86. The molecule has 4 heteroatoms. The topological polar surface area (TPSA) is 30.9 Å². The lowest BCUT2D eigenvalue weighted by Crippen LogP contribution is -2.17. The van der Waals surface area contributed by atoms with Crippen LogP contribution in [0.15, 0.2) is 18.2 Å². The van der Waals surface area contributed by atoms with Crippen molar-refractivity contribution in [2.75, 3.05) is 0 Å². The van der Waals surface area contributed by atoms with Gasteiger partial charge in [0.2, 0.25) is 0 Å². The highest BCUT2D eigenvalue weighted by Crippen LogP contribution is 2.30. The number of nitrogens with zero attached hydrogens (tertiary/aromatic N) is 1. The third-order valence-corrected chi connectivity index (χ3v) is 3.20. The van der Waals surface area contributed by atoms with E-state index >= 15 is 0 Å². The summed E-state index contributed by atoms with van der Waals surface area (Å²) >= 11 is 6.22. The summed E-state index contributed by atoms with van der Waals surface area (Å²) in [5.74, 6) is -0.253. The smallest absolute Gasteiger partial charge is 0.125 e. The fraction of sp³-hybridized carbons (Fsp3) is 0.333. The molecule has 1 heterocycles. The van der Waals surface area contributed by atoms with E-state index < -0.39 is 0 Å². The van der Waals surface area contributed by atoms with Gasteiger partial charge in [0.15, 0.2) is 0 Å². The summed E-state index contributed by atoms with van der Waals surface area (Å²) in [6.07, 6.45) is 0.696. The van der Waals surface area contributed by atoms with Crippen molar-refractivity contribution in [3.63, 3.8) is 0 Å². The van der Waals surface area contributed by atoms with Gasteiger partial charge in [-0.1, -0.05) is 11.6 Å². The molecule has 2 aromatic rings. The van der Waals surface area contributed by atoms with Gasteiger partial charge in [-0.15, -0.1) is 0 Å². The Balaban J connectivity index is 2.69. The van der Waals surface area contributed by atoms with E-state index in [1.165, 1.54) is 12.1 Å². The molecule has 0 aliphatic rings. The SMILES string of the molecule is CC(N)Cc1c(Cl)n(C)c2cc(F)ccc12. The molecule has 16 heavy (non-hydrogen) atoms. The first-order valence-electron chi connectivity index (χ1n) is 5.18. The Morgan fingerprint density at radius 1 is 1.50 bits per heavy atom. The molecule has 1 aromatic carbocycles. The summed E-state index contributed by atoms with van der Waals surface area (Å²) in [6.45, 7) is 1.93. The number of hydrogen-bond donors (Lipinski definition) is 1. The summed E-state index contributed by atoms with van der Waals surface area (Å²) in [4.78, 5) is 0. The molecule has 1 atom stereocenters. The van der Waals surface area contributed by atoms with Crippen LogP contribution < -0.4 is 5.73 Å². The van der Waals surface area contributed by atoms with E-state index in [2.05, 4.69) is 0 Å². The molecule has 86 valence electrons. The van der Waals surface area contributed by atoms with Crippen molar-refractivity contribution in [2.24, 2.45) is 12.8 Å². The van der Waals surface area contributed by atoms with Crippen LogP contribution in [0.2, 0.25) is 5.15 Å². The monoisotopic (exact) mass is 240 g/mol. The minimum Gasteiger partial charge on any atom is -0.334 e. The van der Waals surface area contributed by atoms with Crippen molar-refractivity contribution in [3.05, 3.63) is 34.7 Å². The molecule has 0 fully saturated rings. The van der Waals surface area contributed by atoms with Crippen LogP contribution in [-0.4, -0.2) is 10.6 Å². The molecule has 0 bridgehead atoms. The molecule has 0 saturated carbocycles. The van der Waals surface area contributed by atoms with Crippen LogP contribution in [0, 0.1) is 5.82 Å². The fourth-order valence-corrected chi connectivity index (χ4v) is 2.24. The van der Waals surface area contributed by atoms with Gasteiger partial charge in [-0.3, -0.25) is 0 Å². The van der Waals surface area contributed by atoms with Crippen molar-refractivity contribution >= 4 is 22.5 Å². The zero-order valence-electron chi connectivity index (χ0n) is 9.30. The van der Waals surface area contributed by atoms with Gasteiger partial charge in [-0.2, -0.15) is 0 Å². The normalized spacial score (nSPS) is 13.3. The lowest BCUT2D eigenvalue weighted by molar-refractivity contribution is 0.629. The number of hydrogen-bond acceptors (Lipinski definition) is 1. The van der Waals surface area contributed by atoms with Gasteiger partial charge >= 0.3 is 0 Å². The Morgan fingerprint density at radius 3 is 2.81 bits per heavy atom. The van der Waals surface area contributed by atoms with Gasteiger partial charge in [0, 0.05) is 18.5 Å². The number of aryl methyl sites for hydroxylation is 1. The fourth-order valence-electron chi connectivity index (χ4n) is 1.97. The third kappa shape index (κ3) is 1.81. The zero-order chi connectivity index (χ0) is 11.9. The van der Waals surface area contributed by atoms with Crippen LogP contribution in [-0.2, 0) is 13.5 Å². The Labute approximate surface area is 98.8 Å². The van der Waals surface area contributed by atoms with Crippen molar-refractivity contribution < 1.29 is 4.39 Å². The van der Waals surface area contributed by atoms with Crippen LogP contribution in [0.5, 0.6) is 0 Å². The predicted molar refractivity (Wildman–Crippen MR) is 65.2 cm³/mol. The van der Waals surface area contributed by atoms with Crippen LogP contribution in [0.25, 0.3) is 10.9 Å². The Morgan fingerprint density at radius 2 is 2.19 bits per heavy atom. The highest BCUT2D eigenvalue weighted by atomic mass is 35.5. The number of halogens is 2. The lowest BCUT2D eigenvalue weighted by atomic mass is 10.1. The van der Waals surface area contributed by atoms with Gasteiger partial charge in [-0.05, 0) is 37.1 Å². The molecular formula is C12H14ClFN2. The average molecular weight is 241 g/mol. The van der Waals surface area contributed by atoms with Crippen LogP contribution in [0.4, 0.5) is 4.39 Å². The summed E-state index contributed by atoms with van der Waals surface area (Å²) in [6, 6.07) is 4.73. The highest BCUT2D eigenvalue weighted by molar-refractivity contribution is 6.32. The molecule has 0 aliphatic heterocycles. The zero-order valence-corrected chi connectivity index (χ0v) is 10.1. The number of fused-ring (bicyclic) bond motifs is 1. The van der Waals surface area contributed by atoms with Crippen LogP contribution >= 0.6 is 11.6 Å². The first-order valence-corrected chi connectivity index (χ1v) is 5.56. The number of aromatic nitrogens is 1. The second kappa shape index (κ2) is 4.07. The molecular weight excluding hydrogens is 227 g/mol. The van der Waals surface area contributed by atoms with E-state index in [1.807, 2.05) is 14.0 Å². The van der Waals surface area contributed by atoms with E-state index in [0.29, 0.717) is 11.6 Å². The molecule has 0 spiro atoms. The lowest BCUT2D eigenvalue weighted by Gasteiger charge is -2.04. The molecule has 2 N–H and O–H groups in total. The van der Waals surface area contributed by atoms with Crippen molar-refractivity contribution in [3.8, 4) is 0 Å². The maximum Gasteiger partial charge on any atom is 0.125 e. The maximum atomic E-state index is 13.1. The van der Waals surface area contributed by atoms with Gasteiger partial charge in [0.25, 0.3) is 0 Å². The molecule has 0 saturated heterocycles. The maximum absolute atomic E-state index is 13.1. The second-order valence-corrected chi connectivity index (χ2v) is 4.53. The largest absolute Gasteiger partial charge is 0.334 e. The minimum absolute atomic E-state index is 0.0353. The van der Waals surface area contributed by atoms with Gasteiger partial charge < -0.3 is 10.3 Å². The van der Waals surface area contributed by atoms with E-state index in [4.69, 9.17) is 17.3 Å². The highest BCUT2D eigenvalue weighted by Gasteiger charge is 2.14. The van der Waals surface area contributed by atoms with Crippen molar-refractivity contribution in [1.29, 1.82) is 0 Å². The molecule has 1 unspecified atom stereocenters. The molecule has 0 radical (unpaired) electrons. The molecule has 0 aliphatic carbocycles. The average Bonchev–Trinajstić information content (AvgIpc) is 2.43. The Hall–Kier alpha value is -1.06. The summed E-state index contributed by atoms with van der Waals surface area (Å²) in [5.41, 5.74) is 7.58. The molecule has 2 rings (SSSR count). The van der Waals surface area contributed by atoms with Gasteiger partial charge in [0.1, 0.15) is 11.0 Å². The molecule has 1 aromatic heterocycles. The Bertz CT molecular complexity index is 531. The van der Waals surface area contributed by atoms with E-state index in [9.17, 15) is 4.39 Å². The number of nitrogens with two attached hydrogens (primary N) is 1. The Kier molecular flexibility index (Phi) is 2.91. The van der Waals surface area contributed by atoms with Gasteiger partial charge in [0.05, 0.1) is 5.52 Å². The van der Waals surface area contributed by atoms with Gasteiger partial charge in [-0.25, -0.2) is 4.39 Å². The van der Waals surface area contributed by atoms with E-state index in [0.717, 1.165) is 16.5 Å². The summed E-state index contributed by atoms with van der Waals surface area (Å²) < 4.78 is 14.9. The number of benzene rings is 1. The standard InChI is InChI=1S/C12H14ClFN2/c1-7(15)5-10-9-4-3-8(14)6-11(9)16(2)12(10)13/h3-4,6-7H,5,15H2,1-2H3. The van der Waals surface area contributed by atoms with E-state index in [-0.39, 0.29) is 11.9 Å². The summed E-state index contributed by atoms with van der Waals surface area (Å²) in [5, 5.41) is 1.61.